The number of imidazole rings is 1. The summed E-state index contributed by atoms with van der Waals surface area (Å²) in [5.41, 5.74) is 7.47. The molecule has 5 heteroatoms. The van der Waals surface area contributed by atoms with E-state index in [0.717, 1.165) is 28.1 Å². The Morgan fingerprint density at radius 1 is 0.824 bits per heavy atom. The fourth-order valence-corrected chi connectivity index (χ4v) is 4.14. The summed E-state index contributed by atoms with van der Waals surface area (Å²) in [6.45, 7) is 3.49. The normalized spacial score (nSPS) is 11.0. The summed E-state index contributed by atoms with van der Waals surface area (Å²) in [5, 5.41) is 0. The van der Waals surface area contributed by atoms with Crippen LogP contribution in [0.15, 0.2) is 91.1 Å². The van der Waals surface area contributed by atoms with E-state index >= 15 is 0 Å². The third-order valence-corrected chi connectivity index (χ3v) is 5.84. The van der Waals surface area contributed by atoms with Gasteiger partial charge in [0.05, 0.1) is 11.4 Å². The van der Waals surface area contributed by atoms with Crippen LogP contribution in [-0.2, 0) is 17.6 Å². The minimum absolute atomic E-state index is 0.379. The summed E-state index contributed by atoms with van der Waals surface area (Å²) in [6.07, 6.45) is 3.08. The molecular weight excluding hydrogens is 422 g/mol. The summed E-state index contributed by atoms with van der Waals surface area (Å²) in [4.78, 5) is 22.0. The average Bonchev–Trinajstić information content (AvgIpc) is 3.18. The van der Waals surface area contributed by atoms with Crippen molar-refractivity contribution in [3.05, 3.63) is 119 Å². The Kier molecular flexibility index (Phi) is 5.91. The molecule has 3 aromatic carbocycles. The molecule has 0 aliphatic heterocycles. The first-order valence-electron chi connectivity index (χ1n) is 11.3. The SMILES string of the molecule is CC(=O)Oc1c(Cc2ccccc2C)nc2c(Cc3ccccc3)nc(-c3ccccc3)cn12. The van der Waals surface area contributed by atoms with Crippen LogP contribution in [0.25, 0.3) is 16.9 Å². The van der Waals surface area contributed by atoms with Crippen molar-refractivity contribution in [3.63, 3.8) is 0 Å². The van der Waals surface area contributed by atoms with Crippen LogP contribution in [0.2, 0.25) is 0 Å². The number of hydrogen-bond acceptors (Lipinski definition) is 4. The van der Waals surface area contributed by atoms with E-state index in [-0.39, 0.29) is 5.97 Å². The van der Waals surface area contributed by atoms with Crippen LogP contribution in [0, 0.1) is 6.92 Å². The first-order chi connectivity index (χ1) is 16.6. The maximum absolute atomic E-state index is 12.1. The zero-order valence-corrected chi connectivity index (χ0v) is 19.2. The van der Waals surface area contributed by atoms with E-state index in [2.05, 4.69) is 31.2 Å². The predicted molar refractivity (Wildman–Crippen MR) is 133 cm³/mol. The number of ether oxygens (including phenoxy) is 1. The lowest BCUT2D eigenvalue weighted by Crippen LogP contribution is -2.07. The molecular formula is C29H25N3O2. The molecule has 0 radical (unpaired) electrons. The summed E-state index contributed by atoms with van der Waals surface area (Å²) < 4.78 is 7.62. The quantitative estimate of drug-likeness (QED) is 0.308. The number of carbonyl (C=O) groups excluding carboxylic acids is 1. The Bertz CT molecular complexity index is 1460. The second kappa shape index (κ2) is 9.32. The fourth-order valence-electron chi connectivity index (χ4n) is 4.14. The van der Waals surface area contributed by atoms with Gasteiger partial charge in [-0.25, -0.2) is 9.97 Å². The van der Waals surface area contributed by atoms with Crippen LogP contribution < -0.4 is 4.74 Å². The summed E-state index contributed by atoms with van der Waals surface area (Å²) >= 11 is 0. The van der Waals surface area contributed by atoms with E-state index in [1.165, 1.54) is 12.5 Å². The van der Waals surface area contributed by atoms with Gasteiger partial charge in [0.2, 0.25) is 5.88 Å². The molecule has 0 unspecified atom stereocenters. The van der Waals surface area contributed by atoms with Crippen LogP contribution in [-0.4, -0.2) is 20.3 Å². The van der Waals surface area contributed by atoms with E-state index in [9.17, 15) is 4.79 Å². The van der Waals surface area contributed by atoms with Crippen molar-refractivity contribution in [1.29, 1.82) is 0 Å². The molecule has 5 nitrogen and oxygen atoms in total. The number of rotatable bonds is 6. The van der Waals surface area contributed by atoms with Crippen molar-refractivity contribution in [3.8, 4) is 17.1 Å². The smallest absolute Gasteiger partial charge is 0.309 e. The van der Waals surface area contributed by atoms with Crippen LogP contribution in [0.4, 0.5) is 0 Å². The number of benzene rings is 3. The summed E-state index contributed by atoms with van der Waals surface area (Å²) in [7, 11) is 0. The largest absolute Gasteiger partial charge is 0.407 e. The minimum atomic E-state index is -0.379. The third-order valence-electron chi connectivity index (χ3n) is 5.84. The second-order valence-electron chi connectivity index (χ2n) is 8.36. The van der Waals surface area contributed by atoms with Gasteiger partial charge in [0, 0.05) is 31.5 Å². The third kappa shape index (κ3) is 4.46. The van der Waals surface area contributed by atoms with Gasteiger partial charge < -0.3 is 4.74 Å². The van der Waals surface area contributed by atoms with E-state index in [0.29, 0.717) is 30.1 Å². The van der Waals surface area contributed by atoms with Gasteiger partial charge in [-0.05, 0) is 23.6 Å². The number of carbonyl (C=O) groups is 1. The van der Waals surface area contributed by atoms with Crippen molar-refractivity contribution < 1.29 is 9.53 Å². The average molecular weight is 448 g/mol. The minimum Gasteiger partial charge on any atom is -0.407 e. The van der Waals surface area contributed by atoms with Gasteiger partial charge in [-0.1, -0.05) is 84.9 Å². The first-order valence-corrected chi connectivity index (χ1v) is 11.3. The van der Waals surface area contributed by atoms with Gasteiger partial charge in [0.25, 0.3) is 0 Å². The number of nitrogens with zero attached hydrogens (tertiary/aromatic N) is 3. The Balaban J connectivity index is 1.72. The van der Waals surface area contributed by atoms with Crippen molar-refractivity contribution in [2.24, 2.45) is 0 Å². The first kappa shape index (κ1) is 21.6. The van der Waals surface area contributed by atoms with Crippen molar-refractivity contribution in [1.82, 2.24) is 14.4 Å². The molecule has 5 rings (SSSR count). The highest BCUT2D eigenvalue weighted by molar-refractivity contribution is 5.71. The Morgan fingerprint density at radius 2 is 1.50 bits per heavy atom. The number of hydrogen-bond donors (Lipinski definition) is 0. The number of aryl methyl sites for hydroxylation is 1. The topological polar surface area (TPSA) is 56.5 Å². The molecule has 5 aromatic rings. The standard InChI is InChI=1S/C29H25N3O2/c1-20-11-9-10-16-24(20)18-26-29(34-21(2)33)32-19-27(23-14-7-4-8-15-23)30-25(28(32)31-26)17-22-12-5-3-6-13-22/h3-16,19H,17-18H2,1-2H3. The monoisotopic (exact) mass is 447 g/mol. The maximum atomic E-state index is 12.1. The molecule has 0 atom stereocenters. The van der Waals surface area contributed by atoms with Crippen molar-refractivity contribution in [2.45, 2.75) is 26.7 Å². The molecule has 0 N–H and O–H groups in total. The summed E-state index contributed by atoms with van der Waals surface area (Å²) in [5.74, 6) is 0.0650. The zero-order chi connectivity index (χ0) is 23.5. The van der Waals surface area contributed by atoms with E-state index < -0.39 is 0 Å². The lowest BCUT2D eigenvalue weighted by atomic mass is 10.0. The molecule has 0 saturated heterocycles. The highest BCUT2D eigenvalue weighted by Crippen LogP contribution is 2.29. The molecule has 0 saturated carbocycles. The van der Waals surface area contributed by atoms with E-state index in [1.54, 1.807) is 0 Å². The molecule has 0 bridgehead atoms. The second-order valence-corrected chi connectivity index (χ2v) is 8.36. The van der Waals surface area contributed by atoms with Crippen LogP contribution >= 0.6 is 0 Å². The lowest BCUT2D eigenvalue weighted by molar-refractivity contribution is -0.132. The maximum Gasteiger partial charge on any atom is 0.309 e. The van der Waals surface area contributed by atoms with Gasteiger partial charge >= 0.3 is 5.97 Å². The molecule has 2 aromatic heterocycles. The molecule has 2 heterocycles. The fraction of sp³-hybridized carbons (Fsp3) is 0.138. The van der Waals surface area contributed by atoms with Gasteiger partial charge in [-0.2, -0.15) is 0 Å². The number of fused-ring (bicyclic) bond motifs is 1. The Labute approximate surface area is 198 Å². The lowest BCUT2D eigenvalue weighted by Gasteiger charge is -2.10. The molecule has 34 heavy (non-hydrogen) atoms. The molecule has 0 amide bonds. The van der Waals surface area contributed by atoms with Crippen LogP contribution in [0.5, 0.6) is 5.88 Å². The van der Waals surface area contributed by atoms with Crippen LogP contribution in [0.3, 0.4) is 0 Å². The highest BCUT2D eigenvalue weighted by atomic mass is 16.5. The summed E-state index contributed by atoms with van der Waals surface area (Å²) in [6, 6.07) is 28.4. The number of esters is 1. The van der Waals surface area contributed by atoms with E-state index in [1.807, 2.05) is 71.3 Å². The molecule has 0 aliphatic carbocycles. The van der Waals surface area contributed by atoms with E-state index in [4.69, 9.17) is 14.7 Å². The Morgan fingerprint density at radius 3 is 2.21 bits per heavy atom. The predicted octanol–water partition coefficient (Wildman–Crippen LogP) is 5.81. The van der Waals surface area contributed by atoms with Gasteiger partial charge in [0.1, 0.15) is 5.69 Å². The zero-order valence-electron chi connectivity index (χ0n) is 19.2. The van der Waals surface area contributed by atoms with Crippen molar-refractivity contribution >= 4 is 11.6 Å². The molecule has 0 spiro atoms. The number of aromatic nitrogens is 3. The van der Waals surface area contributed by atoms with Gasteiger partial charge in [-0.3, -0.25) is 9.20 Å². The van der Waals surface area contributed by atoms with Crippen LogP contribution in [0.1, 0.15) is 35.0 Å². The highest BCUT2D eigenvalue weighted by Gasteiger charge is 2.21. The molecule has 168 valence electrons. The molecule has 0 aliphatic rings. The van der Waals surface area contributed by atoms with Gasteiger partial charge in [0.15, 0.2) is 5.65 Å². The molecule has 0 fully saturated rings. The van der Waals surface area contributed by atoms with Gasteiger partial charge in [-0.15, -0.1) is 0 Å². The Hall–Kier alpha value is -4.25. The van der Waals surface area contributed by atoms with Crippen molar-refractivity contribution in [2.75, 3.05) is 0 Å².